The smallest absolute Gasteiger partial charge is 0.253 e. The molecule has 0 heterocycles. The maximum atomic E-state index is 12.1. The number of benzene rings is 1. The Labute approximate surface area is 108 Å². The van der Waals surface area contributed by atoms with E-state index < -0.39 is 0 Å². The topological polar surface area (TPSA) is 50.8 Å². The Bertz CT molecular complexity index is 407. The molecular formula is C13H20N2O3. The van der Waals surface area contributed by atoms with Crippen molar-refractivity contribution in [1.82, 2.24) is 4.90 Å². The minimum absolute atomic E-state index is 0.0481. The summed E-state index contributed by atoms with van der Waals surface area (Å²) < 4.78 is 10.2. The van der Waals surface area contributed by atoms with Crippen LogP contribution in [0.2, 0.25) is 0 Å². The summed E-state index contributed by atoms with van der Waals surface area (Å²) in [6.07, 6.45) is 0. The average Bonchev–Trinajstić information content (AvgIpc) is 2.42. The molecule has 0 bridgehead atoms. The van der Waals surface area contributed by atoms with Crippen LogP contribution in [0.25, 0.3) is 0 Å². The lowest BCUT2D eigenvalue weighted by Crippen LogP contribution is -2.29. The van der Waals surface area contributed by atoms with Crippen LogP contribution in [-0.2, 0) is 4.74 Å². The highest BCUT2D eigenvalue weighted by molar-refractivity contribution is 5.95. The summed E-state index contributed by atoms with van der Waals surface area (Å²) in [5.41, 5.74) is 1.46. The Morgan fingerprint density at radius 1 is 1.39 bits per heavy atom. The summed E-state index contributed by atoms with van der Waals surface area (Å²) in [5.74, 6) is 0.608. The number of nitrogens with zero attached hydrogens (tertiary/aromatic N) is 1. The molecule has 1 amide bonds. The monoisotopic (exact) mass is 252 g/mol. The molecule has 100 valence electrons. The lowest BCUT2D eigenvalue weighted by atomic mass is 10.1. The fraction of sp³-hybridized carbons (Fsp3) is 0.462. The van der Waals surface area contributed by atoms with Crippen LogP contribution in [0.1, 0.15) is 10.4 Å². The second-order valence-electron chi connectivity index (χ2n) is 3.88. The van der Waals surface area contributed by atoms with Crippen molar-refractivity contribution in [3.8, 4) is 5.75 Å². The molecule has 0 aliphatic heterocycles. The van der Waals surface area contributed by atoms with Gasteiger partial charge in [-0.2, -0.15) is 0 Å². The van der Waals surface area contributed by atoms with Gasteiger partial charge in [-0.1, -0.05) is 0 Å². The second-order valence-corrected chi connectivity index (χ2v) is 3.88. The van der Waals surface area contributed by atoms with Crippen molar-refractivity contribution in [2.45, 2.75) is 0 Å². The molecule has 0 fully saturated rings. The average molecular weight is 252 g/mol. The number of rotatable bonds is 6. The van der Waals surface area contributed by atoms with Crippen molar-refractivity contribution in [2.75, 3.05) is 46.8 Å². The minimum atomic E-state index is -0.0481. The van der Waals surface area contributed by atoms with E-state index in [-0.39, 0.29) is 5.91 Å². The van der Waals surface area contributed by atoms with E-state index >= 15 is 0 Å². The largest absolute Gasteiger partial charge is 0.495 e. The first kappa shape index (κ1) is 14.3. The molecule has 0 radical (unpaired) electrons. The number of hydrogen-bond donors (Lipinski definition) is 1. The van der Waals surface area contributed by atoms with E-state index in [0.717, 1.165) is 5.69 Å². The molecular weight excluding hydrogens is 232 g/mol. The minimum Gasteiger partial charge on any atom is -0.495 e. The van der Waals surface area contributed by atoms with Gasteiger partial charge in [-0.25, -0.2) is 0 Å². The standard InChI is InChI=1S/C13H20N2O3/c1-14-11-6-5-10(9-12(11)18-4)13(16)15(2)7-8-17-3/h5-6,9,14H,7-8H2,1-4H3. The Hall–Kier alpha value is -1.75. The summed E-state index contributed by atoms with van der Waals surface area (Å²) in [4.78, 5) is 13.7. The number of carbonyl (C=O) groups excluding carboxylic acids is 1. The van der Waals surface area contributed by atoms with Gasteiger partial charge < -0.3 is 19.7 Å². The second kappa shape index (κ2) is 6.86. The van der Waals surface area contributed by atoms with Crippen LogP contribution >= 0.6 is 0 Å². The van der Waals surface area contributed by atoms with Gasteiger partial charge in [0, 0.05) is 33.3 Å². The Kier molecular flexibility index (Phi) is 5.45. The quantitative estimate of drug-likeness (QED) is 0.832. The summed E-state index contributed by atoms with van der Waals surface area (Å²) in [6.45, 7) is 1.08. The zero-order valence-corrected chi connectivity index (χ0v) is 11.3. The molecule has 5 nitrogen and oxygen atoms in total. The summed E-state index contributed by atoms with van der Waals surface area (Å²) in [7, 11) is 6.76. The molecule has 5 heteroatoms. The molecule has 1 aromatic rings. The molecule has 0 saturated heterocycles. The fourth-order valence-corrected chi connectivity index (χ4v) is 1.58. The van der Waals surface area contributed by atoms with Crippen LogP contribution in [0.5, 0.6) is 5.75 Å². The van der Waals surface area contributed by atoms with E-state index in [1.807, 2.05) is 13.1 Å². The van der Waals surface area contributed by atoms with Gasteiger partial charge in [0.05, 0.1) is 19.4 Å². The Morgan fingerprint density at radius 2 is 2.11 bits per heavy atom. The van der Waals surface area contributed by atoms with E-state index in [2.05, 4.69) is 5.32 Å². The van der Waals surface area contributed by atoms with Crippen LogP contribution in [0, 0.1) is 0 Å². The molecule has 0 saturated carbocycles. The van der Waals surface area contributed by atoms with E-state index in [0.29, 0.717) is 24.5 Å². The van der Waals surface area contributed by atoms with E-state index in [1.54, 1.807) is 38.3 Å². The van der Waals surface area contributed by atoms with Crippen molar-refractivity contribution in [3.05, 3.63) is 23.8 Å². The van der Waals surface area contributed by atoms with Gasteiger partial charge in [0.2, 0.25) is 0 Å². The number of likely N-dealkylation sites (N-methyl/N-ethyl adjacent to an activating group) is 1. The maximum absolute atomic E-state index is 12.1. The van der Waals surface area contributed by atoms with Gasteiger partial charge in [0.1, 0.15) is 5.75 Å². The van der Waals surface area contributed by atoms with Crippen LogP contribution in [0.3, 0.4) is 0 Å². The molecule has 1 aromatic carbocycles. The third-order valence-electron chi connectivity index (χ3n) is 2.70. The normalized spacial score (nSPS) is 10.0. The van der Waals surface area contributed by atoms with Crippen molar-refractivity contribution in [2.24, 2.45) is 0 Å². The molecule has 0 aliphatic rings. The lowest BCUT2D eigenvalue weighted by Gasteiger charge is -2.17. The summed E-state index contributed by atoms with van der Waals surface area (Å²) in [5, 5.41) is 3.01. The number of ether oxygens (including phenoxy) is 2. The van der Waals surface area contributed by atoms with Crippen LogP contribution < -0.4 is 10.1 Å². The fourth-order valence-electron chi connectivity index (χ4n) is 1.58. The Balaban J connectivity index is 2.86. The first-order valence-electron chi connectivity index (χ1n) is 5.74. The Morgan fingerprint density at radius 3 is 2.67 bits per heavy atom. The molecule has 0 aliphatic carbocycles. The van der Waals surface area contributed by atoms with Gasteiger partial charge in [0.25, 0.3) is 5.91 Å². The maximum Gasteiger partial charge on any atom is 0.253 e. The number of anilines is 1. The molecule has 0 atom stereocenters. The van der Waals surface area contributed by atoms with E-state index in [1.165, 1.54) is 0 Å². The first-order valence-corrected chi connectivity index (χ1v) is 5.74. The zero-order chi connectivity index (χ0) is 13.5. The third kappa shape index (κ3) is 3.37. The van der Waals surface area contributed by atoms with Crippen LogP contribution in [0.4, 0.5) is 5.69 Å². The number of methoxy groups -OCH3 is 2. The third-order valence-corrected chi connectivity index (χ3v) is 2.70. The molecule has 1 N–H and O–H groups in total. The number of nitrogens with one attached hydrogen (secondary N) is 1. The molecule has 18 heavy (non-hydrogen) atoms. The predicted molar refractivity (Wildman–Crippen MR) is 71.4 cm³/mol. The predicted octanol–water partition coefficient (Wildman–Crippen LogP) is 1.46. The first-order chi connectivity index (χ1) is 8.63. The van der Waals surface area contributed by atoms with E-state index in [4.69, 9.17) is 9.47 Å². The SMILES string of the molecule is CNc1ccc(C(=O)N(C)CCOC)cc1OC. The lowest BCUT2D eigenvalue weighted by molar-refractivity contribution is 0.0744. The molecule has 1 rings (SSSR count). The van der Waals surface area contributed by atoms with Gasteiger partial charge in [-0.05, 0) is 18.2 Å². The van der Waals surface area contributed by atoms with Gasteiger partial charge in [0.15, 0.2) is 0 Å². The number of amides is 1. The summed E-state index contributed by atoms with van der Waals surface area (Å²) in [6, 6.07) is 5.34. The van der Waals surface area contributed by atoms with Crippen LogP contribution in [0.15, 0.2) is 18.2 Å². The molecule has 0 spiro atoms. The van der Waals surface area contributed by atoms with Crippen molar-refractivity contribution >= 4 is 11.6 Å². The molecule has 0 aromatic heterocycles. The number of hydrogen-bond acceptors (Lipinski definition) is 4. The van der Waals surface area contributed by atoms with E-state index in [9.17, 15) is 4.79 Å². The number of carbonyl (C=O) groups is 1. The van der Waals surface area contributed by atoms with Crippen molar-refractivity contribution < 1.29 is 14.3 Å². The molecule has 0 unspecified atom stereocenters. The van der Waals surface area contributed by atoms with Gasteiger partial charge >= 0.3 is 0 Å². The van der Waals surface area contributed by atoms with Gasteiger partial charge in [-0.15, -0.1) is 0 Å². The summed E-state index contributed by atoms with van der Waals surface area (Å²) >= 11 is 0. The van der Waals surface area contributed by atoms with Crippen molar-refractivity contribution in [1.29, 1.82) is 0 Å². The van der Waals surface area contributed by atoms with Crippen LogP contribution in [-0.4, -0.2) is 52.3 Å². The van der Waals surface area contributed by atoms with Crippen molar-refractivity contribution in [3.63, 3.8) is 0 Å². The highest BCUT2D eigenvalue weighted by Crippen LogP contribution is 2.25. The van der Waals surface area contributed by atoms with Gasteiger partial charge in [-0.3, -0.25) is 4.79 Å². The zero-order valence-electron chi connectivity index (χ0n) is 11.3. The highest BCUT2D eigenvalue weighted by atomic mass is 16.5. The highest BCUT2D eigenvalue weighted by Gasteiger charge is 2.13.